The van der Waals surface area contributed by atoms with Gasteiger partial charge in [0.15, 0.2) is 0 Å². The molecule has 1 fully saturated rings. The van der Waals surface area contributed by atoms with Crippen molar-refractivity contribution in [3.05, 3.63) is 34.9 Å². The molecule has 3 N–H and O–H groups in total. The Morgan fingerprint density at radius 1 is 1.19 bits per heavy atom. The maximum absolute atomic E-state index is 12.6. The maximum atomic E-state index is 12.6. The van der Waals surface area contributed by atoms with Crippen LogP contribution in [0.3, 0.4) is 0 Å². The molecule has 1 aliphatic rings. The van der Waals surface area contributed by atoms with E-state index in [-0.39, 0.29) is 24.2 Å². The van der Waals surface area contributed by atoms with E-state index in [1.807, 2.05) is 13.8 Å². The second-order valence-electron chi connectivity index (χ2n) is 7.05. The van der Waals surface area contributed by atoms with Gasteiger partial charge in [-0.25, -0.2) is 0 Å². The number of nitrogens with one attached hydrogen (secondary N) is 3. The highest BCUT2D eigenvalue weighted by Crippen LogP contribution is 2.11. The minimum atomic E-state index is -0.541. The molecule has 0 spiro atoms. The highest BCUT2D eigenvalue weighted by atomic mass is 35.5. The van der Waals surface area contributed by atoms with Gasteiger partial charge in [0.05, 0.1) is 0 Å². The minimum absolute atomic E-state index is 0. The molecular formula is C19H30Cl2N4O2. The Labute approximate surface area is 172 Å². The van der Waals surface area contributed by atoms with Crippen LogP contribution in [0.15, 0.2) is 24.3 Å². The zero-order valence-electron chi connectivity index (χ0n) is 16.0. The Bertz CT molecular complexity index is 590. The largest absolute Gasteiger partial charge is 0.353 e. The second-order valence-corrected chi connectivity index (χ2v) is 7.48. The fourth-order valence-corrected chi connectivity index (χ4v) is 3.07. The molecule has 27 heavy (non-hydrogen) atoms. The monoisotopic (exact) mass is 416 g/mol. The van der Waals surface area contributed by atoms with Gasteiger partial charge in [-0.05, 0) is 36.6 Å². The summed E-state index contributed by atoms with van der Waals surface area (Å²) in [5.74, 6) is -0.0924. The summed E-state index contributed by atoms with van der Waals surface area (Å²) >= 11 is 5.86. The predicted molar refractivity (Wildman–Crippen MR) is 112 cm³/mol. The van der Waals surface area contributed by atoms with Gasteiger partial charge in [-0.3, -0.25) is 14.5 Å². The Balaban J connectivity index is 0.00000364. The molecule has 0 aromatic heterocycles. The molecule has 1 heterocycles. The molecule has 6 nitrogen and oxygen atoms in total. The SMILES string of the molecule is CC(C)CC(NC(=O)c1ccc(Cl)cc1)C(=O)NCCN1CCNCC1.Cl. The third kappa shape index (κ3) is 8.47. The summed E-state index contributed by atoms with van der Waals surface area (Å²) in [4.78, 5) is 27.3. The Kier molecular flexibility index (Phi) is 10.7. The first-order valence-corrected chi connectivity index (χ1v) is 9.60. The first-order chi connectivity index (χ1) is 12.5. The van der Waals surface area contributed by atoms with E-state index in [1.165, 1.54) is 0 Å². The first kappa shape index (κ1) is 23.7. The predicted octanol–water partition coefficient (Wildman–Crippen LogP) is 1.93. The first-order valence-electron chi connectivity index (χ1n) is 9.23. The van der Waals surface area contributed by atoms with Crippen molar-refractivity contribution >= 4 is 35.8 Å². The topological polar surface area (TPSA) is 73.5 Å². The molecule has 8 heteroatoms. The molecule has 1 aliphatic heterocycles. The number of hydrogen-bond donors (Lipinski definition) is 3. The van der Waals surface area contributed by atoms with Gasteiger partial charge in [0.1, 0.15) is 6.04 Å². The molecule has 1 aromatic carbocycles. The summed E-state index contributed by atoms with van der Waals surface area (Å²) in [6.45, 7) is 9.46. The molecule has 1 unspecified atom stereocenters. The highest BCUT2D eigenvalue weighted by Gasteiger charge is 2.22. The van der Waals surface area contributed by atoms with Crippen LogP contribution in [0.1, 0.15) is 30.6 Å². The smallest absolute Gasteiger partial charge is 0.251 e. The fraction of sp³-hybridized carbons (Fsp3) is 0.579. The average molecular weight is 417 g/mol. The van der Waals surface area contributed by atoms with Crippen LogP contribution < -0.4 is 16.0 Å². The van der Waals surface area contributed by atoms with Gasteiger partial charge in [0.25, 0.3) is 5.91 Å². The van der Waals surface area contributed by atoms with Gasteiger partial charge in [-0.1, -0.05) is 25.4 Å². The van der Waals surface area contributed by atoms with E-state index in [1.54, 1.807) is 24.3 Å². The van der Waals surface area contributed by atoms with Crippen molar-refractivity contribution in [1.29, 1.82) is 0 Å². The van der Waals surface area contributed by atoms with Crippen molar-refractivity contribution < 1.29 is 9.59 Å². The summed E-state index contributed by atoms with van der Waals surface area (Å²) in [5, 5.41) is 9.70. The van der Waals surface area contributed by atoms with E-state index >= 15 is 0 Å². The molecule has 2 amide bonds. The zero-order chi connectivity index (χ0) is 18.9. The molecular weight excluding hydrogens is 387 g/mol. The van der Waals surface area contributed by atoms with Crippen LogP contribution in [-0.2, 0) is 4.79 Å². The lowest BCUT2D eigenvalue weighted by Crippen LogP contribution is -2.50. The molecule has 2 rings (SSSR count). The van der Waals surface area contributed by atoms with E-state index in [4.69, 9.17) is 11.6 Å². The fourth-order valence-electron chi connectivity index (χ4n) is 2.94. The Morgan fingerprint density at radius 3 is 2.41 bits per heavy atom. The average Bonchev–Trinajstić information content (AvgIpc) is 2.62. The number of piperazine rings is 1. The van der Waals surface area contributed by atoms with Crippen LogP contribution >= 0.6 is 24.0 Å². The summed E-state index contributed by atoms with van der Waals surface area (Å²) in [7, 11) is 0. The molecule has 0 saturated carbocycles. The van der Waals surface area contributed by atoms with E-state index in [2.05, 4.69) is 20.9 Å². The van der Waals surface area contributed by atoms with Gasteiger partial charge < -0.3 is 16.0 Å². The number of carbonyl (C=O) groups excluding carboxylic acids is 2. The summed E-state index contributed by atoms with van der Waals surface area (Å²) in [6.07, 6.45) is 0.596. The highest BCUT2D eigenvalue weighted by molar-refractivity contribution is 6.30. The van der Waals surface area contributed by atoms with Crippen molar-refractivity contribution in [2.24, 2.45) is 5.92 Å². The summed E-state index contributed by atoms with van der Waals surface area (Å²) < 4.78 is 0. The van der Waals surface area contributed by atoms with Gasteiger partial charge >= 0.3 is 0 Å². The van der Waals surface area contributed by atoms with Gasteiger partial charge in [-0.15, -0.1) is 12.4 Å². The number of benzene rings is 1. The van der Waals surface area contributed by atoms with Crippen LogP contribution in [0.25, 0.3) is 0 Å². The number of hydrogen-bond acceptors (Lipinski definition) is 4. The second kappa shape index (κ2) is 12.2. The lowest BCUT2D eigenvalue weighted by molar-refractivity contribution is -0.123. The van der Waals surface area contributed by atoms with Crippen LogP contribution in [0.5, 0.6) is 0 Å². The number of amides is 2. The van der Waals surface area contributed by atoms with Gasteiger partial charge in [-0.2, -0.15) is 0 Å². The lowest BCUT2D eigenvalue weighted by Gasteiger charge is -2.27. The van der Waals surface area contributed by atoms with Crippen LogP contribution in [-0.4, -0.2) is 62.0 Å². The van der Waals surface area contributed by atoms with Gasteiger partial charge in [0, 0.05) is 49.9 Å². The maximum Gasteiger partial charge on any atom is 0.251 e. The number of halogens is 2. The number of rotatable bonds is 8. The summed E-state index contributed by atoms with van der Waals surface area (Å²) in [5.41, 5.74) is 0.497. The van der Waals surface area contributed by atoms with Crippen LogP contribution in [0, 0.1) is 5.92 Å². The van der Waals surface area contributed by atoms with Crippen molar-refractivity contribution in [2.75, 3.05) is 39.3 Å². The third-order valence-electron chi connectivity index (χ3n) is 4.37. The number of nitrogens with zero attached hydrogens (tertiary/aromatic N) is 1. The van der Waals surface area contributed by atoms with Crippen LogP contribution in [0.4, 0.5) is 0 Å². The van der Waals surface area contributed by atoms with Crippen LogP contribution in [0.2, 0.25) is 5.02 Å². The third-order valence-corrected chi connectivity index (χ3v) is 4.62. The molecule has 0 bridgehead atoms. The van der Waals surface area contributed by atoms with E-state index in [0.717, 1.165) is 32.7 Å². The zero-order valence-corrected chi connectivity index (χ0v) is 17.5. The minimum Gasteiger partial charge on any atom is -0.353 e. The molecule has 1 atom stereocenters. The normalized spacial score (nSPS) is 15.7. The molecule has 1 aromatic rings. The number of carbonyl (C=O) groups is 2. The summed E-state index contributed by atoms with van der Waals surface area (Å²) in [6, 6.07) is 6.11. The van der Waals surface area contributed by atoms with Crippen molar-refractivity contribution in [2.45, 2.75) is 26.3 Å². The van der Waals surface area contributed by atoms with Gasteiger partial charge in [0.2, 0.25) is 5.91 Å². The Morgan fingerprint density at radius 2 is 1.81 bits per heavy atom. The molecule has 0 radical (unpaired) electrons. The van der Waals surface area contributed by atoms with E-state index in [0.29, 0.717) is 29.5 Å². The standard InChI is InChI=1S/C19H29ClN4O2.ClH/c1-14(2)13-17(23-18(25)15-3-5-16(20)6-4-15)19(26)22-9-12-24-10-7-21-8-11-24;/h3-6,14,17,21H,7-13H2,1-2H3,(H,22,26)(H,23,25);1H. The van der Waals surface area contributed by atoms with Crippen molar-refractivity contribution in [1.82, 2.24) is 20.9 Å². The van der Waals surface area contributed by atoms with Crippen molar-refractivity contribution in [3.8, 4) is 0 Å². The lowest BCUT2D eigenvalue weighted by atomic mass is 10.0. The van der Waals surface area contributed by atoms with E-state index in [9.17, 15) is 9.59 Å². The quantitative estimate of drug-likeness (QED) is 0.605. The Hall–Kier alpha value is -1.34. The molecule has 0 aliphatic carbocycles. The molecule has 1 saturated heterocycles. The molecule has 152 valence electrons. The van der Waals surface area contributed by atoms with E-state index < -0.39 is 6.04 Å². The van der Waals surface area contributed by atoms with Crippen molar-refractivity contribution in [3.63, 3.8) is 0 Å².